The van der Waals surface area contributed by atoms with Gasteiger partial charge in [0.15, 0.2) is 0 Å². The van der Waals surface area contributed by atoms with Gasteiger partial charge >= 0.3 is 0 Å². The maximum Gasteiger partial charge on any atom is 0.261 e. The summed E-state index contributed by atoms with van der Waals surface area (Å²) in [6, 6.07) is 2.11. The van der Waals surface area contributed by atoms with Crippen LogP contribution in [0.5, 0.6) is 0 Å². The van der Waals surface area contributed by atoms with E-state index in [1.165, 1.54) is 49.0 Å². The summed E-state index contributed by atoms with van der Waals surface area (Å²) < 4.78 is 2.26. The normalized spacial score (nSPS) is 17.3. The number of amides is 1. The molecule has 2 aromatic heterocycles. The number of carbonyl (C=O) groups is 1. The summed E-state index contributed by atoms with van der Waals surface area (Å²) in [6.07, 6.45) is 11.5. The van der Waals surface area contributed by atoms with E-state index in [-0.39, 0.29) is 5.91 Å². The SMILES string of the molecule is O=C(NCCc1nnc2n1CCCCC2)c1cc2c(s1)CCCCC2. The van der Waals surface area contributed by atoms with E-state index in [9.17, 15) is 4.79 Å². The van der Waals surface area contributed by atoms with E-state index in [2.05, 4.69) is 26.1 Å². The van der Waals surface area contributed by atoms with E-state index >= 15 is 0 Å². The molecule has 5 nitrogen and oxygen atoms in total. The van der Waals surface area contributed by atoms with Crippen molar-refractivity contribution in [2.75, 3.05) is 6.54 Å². The van der Waals surface area contributed by atoms with Gasteiger partial charge in [-0.15, -0.1) is 21.5 Å². The zero-order valence-electron chi connectivity index (χ0n) is 14.7. The third-order valence-corrected chi connectivity index (χ3v) is 6.53. The van der Waals surface area contributed by atoms with E-state index in [1.807, 2.05) is 0 Å². The van der Waals surface area contributed by atoms with Crippen molar-refractivity contribution in [2.45, 2.75) is 70.8 Å². The van der Waals surface area contributed by atoms with E-state index < -0.39 is 0 Å². The quantitative estimate of drug-likeness (QED) is 0.853. The van der Waals surface area contributed by atoms with Gasteiger partial charge in [0, 0.05) is 30.8 Å². The van der Waals surface area contributed by atoms with Gasteiger partial charge in [0.2, 0.25) is 0 Å². The molecule has 25 heavy (non-hydrogen) atoms. The molecule has 0 aromatic carbocycles. The van der Waals surface area contributed by atoms with Gasteiger partial charge in [0.25, 0.3) is 5.91 Å². The standard InChI is InChI=1S/C19H26N4OS/c24-19(16-13-14-7-3-1-4-8-15(14)25-16)20-11-10-18-22-21-17-9-5-2-6-12-23(17)18/h13H,1-12H2,(H,20,24). The van der Waals surface area contributed by atoms with Crippen LogP contribution in [-0.4, -0.2) is 27.2 Å². The Balaban J connectivity index is 1.34. The first-order valence-electron chi connectivity index (χ1n) is 9.62. The third kappa shape index (κ3) is 3.78. The number of hydrogen-bond acceptors (Lipinski definition) is 4. The average Bonchev–Trinajstić information content (AvgIpc) is 3.02. The largest absolute Gasteiger partial charge is 0.351 e. The van der Waals surface area contributed by atoms with Crippen molar-refractivity contribution >= 4 is 17.2 Å². The van der Waals surface area contributed by atoms with Crippen molar-refractivity contribution in [2.24, 2.45) is 0 Å². The highest BCUT2D eigenvalue weighted by Crippen LogP contribution is 2.28. The highest BCUT2D eigenvalue weighted by atomic mass is 32.1. The molecule has 2 aromatic rings. The maximum atomic E-state index is 12.5. The van der Waals surface area contributed by atoms with Gasteiger partial charge < -0.3 is 9.88 Å². The first kappa shape index (κ1) is 16.8. The van der Waals surface area contributed by atoms with Crippen LogP contribution < -0.4 is 5.32 Å². The second kappa shape index (κ2) is 7.68. The van der Waals surface area contributed by atoms with Gasteiger partial charge in [-0.05, 0) is 50.2 Å². The predicted octanol–water partition coefficient (Wildman–Crippen LogP) is 3.31. The highest BCUT2D eigenvalue weighted by molar-refractivity contribution is 7.14. The molecule has 1 N–H and O–H groups in total. The summed E-state index contributed by atoms with van der Waals surface area (Å²) >= 11 is 1.69. The van der Waals surface area contributed by atoms with Crippen LogP contribution in [0.15, 0.2) is 6.07 Å². The van der Waals surface area contributed by atoms with Crippen LogP contribution in [-0.2, 0) is 32.2 Å². The van der Waals surface area contributed by atoms with Gasteiger partial charge in [-0.1, -0.05) is 12.8 Å². The van der Waals surface area contributed by atoms with Crippen molar-refractivity contribution in [1.29, 1.82) is 0 Å². The molecule has 0 atom stereocenters. The van der Waals surface area contributed by atoms with Crippen molar-refractivity contribution in [3.63, 3.8) is 0 Å². The lowest BCUT2D eigenvalue weighted by atomic mass is 10.1. The van der Waals surface area contributed by atoms with Crippen molar-refractivity contribution in [1.82, 2.24) is 20.1 Å². The summed E-state index contributed by atoms with van der Waals surface area (Å²) in [5.74, 6) is 2.19. The van der Waals surface area contributed by atoms with E-state index in [0.29, 0.717) is 6.54 Å². The summed E-state index contributed by atoms with van der Waals surface area (Å²) in [6.45, 7) is 1.64. The first-order valence-corrected chi connectivity index (χ1v) is 10.4. The topological polar surface area (TPSA) is 59.8 Å². The van der Waals surface area contributed by atoms with Crippen molar-refractivity contribution < 1.29 is 4.79 Å². The maximum absolute atomic E-state index is 12.5. The third-order valence-electron chi connectivity index (χ3n) is 5.29. The number of fused-ring (bicyclic) bond motifs is 2. The zero-order valence-corrected chi connectivity index (χ0v) is 15.5. The number of carbonyl (C=O) groups excluding carboxylic acids is 1. The van der Waals surface area contributed by atoms with Gasteiger partial charge in [-0.2, -0.15) is 0 Å². The zero-order chi connectivity index (χ0) is 17.1. The minimum absolute atomic E-state index is 0.0636. The Bertz CT molecular complexity index is 725. The van der Waals surface area contributed by atoms with Crippen LogP contribution >= 0.6 is 11.3 Å². The van der Waals surface area contributed by atoms with Crippen LogP contribution in [0.25, 0.3) is 0 Å². The monoisotopic (exact) mass is 358 g/mol. The average molecular weight is 359 g/mol. The second-order valence-corrected chi connectivity index (χ2v) is 8.26. The molecule has 1 aliphatic carbocycles. The number of hydrogen-bond donors (Lipinski definition) is 1. The van der Waals surface area contributed by atoms with Crippen LogP contribution in [0.4, 0.5) is 0 Å². The fourth-order valence-electron chi connectivity index (χ4n) is 3.88. The summed E-state index contributed by atoms with van der Waals surface area (Å²) in [7, 11) is 0. The predicted molar refractivity (Wildman–Crippen MR) is 99.2 cm³/mol. The fraction of sp³-hybridized carbons (Fsp3) is 0.632. The molecule has 2 aliphatic rings. The summed E-state index contributed by atoms with van der Waals surface area (Å²) in [5, 5.41) is 11.7. The Morgan fingerprint density at radius 1 is 1.08 bits per heavy atom. The Morgan fingerprint density at radius 2 is 1.92 bits per heavy atom. The number of rotatable bonds is 4. The van der Waals surface area contributed by atoms with E-state index in [4.69, 9.17) is 0 Å². The Labute approximate surface area is 152 Å². The molecule has 0 unspecified atom stereocenters. The molecule has 0 spiro atoms. The van der Waals surface area contributed by atoms with Gasteiger partial charge in [0.05, 0.1) is 4.88 Å². The van der Waals surface area contributed by atoms with E-state index in [0.717, 1.165) is 48.8 Å². The molecular formula is C19H26N4OS. The molecule has 1 amide bonds. The lowest BCUT2D eigenvalue weighted by molar-refractivity contribution is 0.0958. The van der Waals surface area contributed by atoms with Crippen molar-refractivity contribution in [3.8, 4) is 0 Å². The van der Waals surface area contributed by atoms with Crippen LogP contribution in [0.1, 0.15) is 70.3 Å². The minimum Gasteiger partial charge on any atom is -0.351 e. The van der Waals surface area contributed by atoms with Crippen LogP contribution in [0, 0.1) is 0 Å². The summed E-state index contributed by atoms with van der Waals surface area (Å²) in [5.41, 5.74) is 1.40. The molecular weight excluding hydrogens is 332 g/mol. The Kier molecular flexibility index (Phi) is 5.15. The molecule has 4 rings (SSSR count). The first-order chi connectivity index (χ1) is 12.3. The molecule has 134 valence electrons. The molecule has 0 bridgehead atoms. The molecule has 0 fully saturated rings. The number of nitrogens with zero attached hydrogens (tertiary/aromatic N) is 3. The number of aryl methyl sites for hydroxylation is 3. The molecule has 0 radical (unpaired) electrons. The minimum atomic E-state index is 0.0636. The van der Waals surface area contributed by atoms with Crippen LogP contribution in [0.3, 0.4) is 0 Å². The van der Waals surface area contributed by atoms with E-state index in [1.54, 1.807) is 11.3 Å². The number of nitrogens with one attached hydrogen (secondary N) is 1. The fourth-order valence-corrected chi connectivity index (χ4v) is 5.05. The highest BCUT2D eigenvalue weighted by Gasteiger charge is 2.17. The Morgan fingerprint density at radius 3 is 2.88 bits per heavy atom. The van der Waals surface area contributed by atoms with Gasteiger partial charge in [-0.25, -0.2) is 0 Å². The lowest BCUT2D eigenvalue weighted by Gasteiger charge is -2.07. The van der Waals surface area contributed by atoms with Gasteiger partial charge in [0.1, 0.15) is 11.6 Å². The molecule has 0 saturated carbocycles. The molecule has 3 heterocycles. The smallest absolute Gasteiger partial charge is 0.261 e. The van der Waals surface area contributed by atoms with Gasteiger partial charge in [-0.3, -0.25) is 4.79 Å². The number of thiophene rings is 1. The molecule has 6 heteroatoms. The summed E-state index contributed by atoms with van der Waals surface area (Å²) in [4.78, 5) is 14.8. The van der Waals surface area contributed by atoms with Crippen molar-refractivity contribution in [3.05, 3.63) is 33.0 Å². The van der Waals surface area contributed by atoms with Crippen LogP contribution in [0.2, 0.25) is 0 Å². The molecule has 0 saturated heterocycles. The molecule has 1 aliphatic heterocycles. The second-order valence-electron chi connectivity index (χ2n) is 7.12. The Hall–Kier alpha value is -1.69. The number of aromatic nitrogens is 3. The lowest BCUT2D eigenvalue weighted by Crippen LogP contribution is -2.26.